The van der Waals surface area contributed by atoms with Gasteiger partial charge in [0, 0.05) is 12.0 Å². The number of nitrogens with one attached hydrogen (secondary N) is 1. The van der Waals surface area contributed by atoms with Gasteiger partial charge in [0.15, 0.2) is 5.13 Å². The van der Waals surface area contributed by atoms with Gasteiger partial charge in [0.1, 0.15) is 5.75 Å². The van der Waals surface area contributed by atoms with Gasteiger partial charge in [-0.3, -0.25) is 4.79 Å². The Bertz CT molecular complexity index is 693. The number of anilines is 1. The van der Waals surface area contributed by atoms with Gasteiger partial charge in [0.25, 0.3) is 0 Å². The van der Waals surface area contributed by atoms with Crippen LogP contribution in [0.15, 0.2) is 18.2 Å². The van der Waals surface area contributed by atoms with Crippen molar-refractivity contribution in [2.24, 2.45) is 5.92 Å². The molecule has 3 rings (SSSR count). The maximum Gasteiger partial charge on any atom is 0.573 e. The van der Waals surface area contributed by atoms with E-state index in [0.717, 1.165) is 37.0 Å². The molecule has 1 N–H and O–H groups in total. The van der Waals surface area contributed by atoms with Gasteiger partial charge >= 0.3 is 6.36 Å². The number of rotatable bonds is 3. The molecule has 8 heteroatoms. The van der Waals surface area contributed by atoms with Crippen molar-refractivity contribution < 1.29 is 22.7 Å². The maximum absolute atomic E-state index is 12.2. The number of fused-ring (bicyclic) bond motifs is 1. The number of nitrogens with zero attached hydrogens (tertiary/aromatic N) is 1. The van der Waals surface area contributed by atoms with Gasteiger partial charge < -0.3 is 10.1 Å². The summed E-state index contributed by atoms with van der Waals surface area (Å²) in [6, 6.07) is 3.92. The molecule has 22 heavy (non-hydrogen) atoms. The molecule has 118 valence electrons. The van der Waals surface area contributed by atoms with Crippen molar-refractivity contribution in [3.8, 4) is 5.75 Å². The lowest BCUT2D eigenvalue weighted by atomic mass is 10.1. The second-order valence-corrected chi connectivity index (χ2v) is 6.20. The van der Waals surface area contributed by atoms with Gasteiger partial charge in [0.2, 0.25) is 5.91 Å². The Labute approximate surface area is 128 Å². The minimum atomic E-state index is -4.72. The third-order valence-electron chi connectivity index (χ3n) is 3.55. The minimum absolute atomic E-state index is 0.0103. The first kappa shape index (κ1) is 15.1. The fourth-order valence-electron chi connectivity index (χ4n) is 2.55. The van der Waals surface area contributed by atoms with E-state index in [1.807, 2.05) is 0 Å². The zero-order valence-corrected chi connectivity index (χ0v) is 12.3. The highest BCUT2D eigenvalue weighted by atomic mass is 32.1. The molecule has 1 saturated carbocycles. The number of benzene rings is 1. The third kappa shape index (κ3) is 3.49. The summed E-state index contributed by atoms with van der Waals surface area (Å²) in [4.78, 5) is 16.2. The molecule has 1 heterocycles. The van der Waals surface area contributed by atoms with Crippen LogP contribution in [0.2, 0.25) is 0 Å². The number of alkyl halides is 3. The first-order valence-electron chi connectivity index (χ1n) is 6.88. The number of carbonyl (C=O) groups excluding carboxylic acids is 1. The number of halogens is 3. The molecule has 1 aliphatic rings. The van der Waals surface area contributed by atoms with Gasteiger partial charge in [-0.25, -0.2) is 4.98 Å². The molecule has 0 radical (unpaired) electrons. The van der Waals surface area contributed by atoms with Gasteiger partial charge in [0.05, 0.1) is 10.2 Å². The summed E-state index contributed by atoms with van der Waals surface area (Å²) in [6.45, 7) is 0. The molecular formula is C14H13F3N2O2S. The van der Waals surface area contributed by atoms with Crippen LogP contribution in [0, 0.1) is 5.92 Å². The van der Waals surface area contributed by atoms with Crippen LogP contribution in [0.1, 0.15) is 25.7 Å². The van der Waals surface area contributed by atoms with Crippen molar-refractivity contribution in [1.82, 2.24) is 4.98 Å². The predicted octanol–water partition coefficient (Wildman–Crippen LogP) is 4.32. The van der Waals surface area contributed by atoms with Crippen molar-refractivity contribution in [3.05, 3.63) is 18.2 Å². The molecule has 0 aliphatic heterocycles. The normalized spacial score (nSPS) is 16.1. The lowest BCUT2D eigenvalue weighted by Gasteiger charge is -2.07. The largest absolute Gasteiger partial charge is 0.573 e. The van der Waals surface area contributed by atoms with Gasteiger partial charge in [-0.1, -0.05) is 24.2 Å². The van der Waals surface area contributed by atoms with Crippen LogP contribution < -0.4 is 10.1 Å². The number of aromatic nitrogens is 1. The van der Waals surface area contributed by atoms with Gasteiger partial charge in [-0.05, 0) is 25.0 Å². The standard InChI is InChI=1S/C14H13F3N2O2S/c15-14(16,17)21-9-5-6-10-11(7-9)22-13(18-10)19-12(20)8-3-1-2-4-8/h5-8H,1-4H2,(H,18,19,20). The van der Waals surface area contributed by atoms with E-state index in [0.29, 0.717) is 15.3 Å². The fourth-order valence-corrected chi connectivity index (χ4v) is 3.45. The second-order valence-electron chi connectivity index (χ2n) is 5.17. The number of ether oxygens (including phenoxy) is 1. The maximum atomic E-state index is 12.2. The Morgan fingerprint density at radius 3 is 2.73 bits per heavy atom. The highest BCUT2D eigenvalue weighted by Gasteiger charge is 2.31. The highest BCUT2D eigenvalue weighted by Crippen LogP contribution is 2.32. The number of carbonyl (C=O) groups is 1. The van der Waals surface area contributed by atoms with Gasteiger partial charge in [-0.2, -0.15) is 0 Å². The number of thiazole rings is 1. The summed E-state index contributed by atoms with van der Waals surface area (Å²) in [5, 5.41) is 3.15. The highest BCUT2D eigenvalue weighted by molar-refractivity contribution is 7.22. The van der Waals surface area contributed by atoms with Crippen LogP contribution in [0.5, 0.6) is 5.75 Å². The molecule has 2 aromatic rings. The molecule has 0 saturated heterocycles. The second kappa shape index (κ2) is 5.75. The minimum Gasteiger partial charge on any atom is -0.406 e. The Kier molecular flexibility index (Phi) is 3.94. The molecule has 1 amide bonds. The van der Waals surface area contributed by atoms with Crippen LogP contribution in [-0.2, 0) is 4.79 Å². The Morgan fingerprint density at radius 1 is 1.32 bits per heavy atom. The average Bonchev–Trinajstić information content (AvgIpc) is 3.04. The zero-order chi connectivity index (χ0) is 15.7. The number of amides is 1. The first-order chi connectivity index (χ1) is 10.4. The Hall–Kier alpha value is -1.83. The van der Waals surface area contributed by atoms with E-state index < -0.39 is 6.36 Å². The summed E-state index contributed by atoms with van der Waals surface area (Å²) < 4.78 is 41.0. The van der Waals surface area contributed by atoms with Crippen molar-refractivity contribution in [2.45, 2.75) is 32.0 Å². The van der Waals surface area contributed by atoms with Crippen molar-refractivity contribution >= 4 is 32.6 Å². The van der Waals surface area contributed by atoms with Gasteiger partial charge in [-0.15, -0.1) is 13.2 Å². The summed E-state index contributed by atoms with van der Waals surface area (Å²) in [5.74, 6) is -0.350. The monoisotopic (exact) mass is 330 g/mol. The smallest absolute Gasteiger partial charge is 0.406 e. The quantitative estimate of drug-likeness (QED) is 0.911. The molecular weight excluding hydrogens is 317 g/mol. The SMILES string of the molecule is O=C(Nc1nc2ccc(OC(F)(F)F)cc2s1)C1CCCC1. The van der Waals surface area contributed by atoms with Crippen LogP contribution >= 0.6 is 11.3 Å². The molecule has 0 spiro atoms. The van der Waals surface area contributed by atoms with E-state index in [1.54, 1.807) is 0 Å². The number of hydrogen-bond donors (Lipinski definition) is 1. The predicted molar refractivity (Wildman–Crippen MR) is 76.9 cm³/mol. The van der Waals surface area contributed by atoms with E-state index in [1.165, 1.54) is 18.2 Å². The Morgan fingerprint density at radius 2 is 2.05 bits per heavy atom. The lowest BCUT2D eigenvalue weighted by Crippen LogP contribution is -2.19. The zero-order valence-electron chi connectivity index (χ0n) is 11.4. The molecule has 0 atom stereocenters. The fraction of sp³-hybridized carbons (Fsp3) is 0.429. The first-order valence-corrected chi connectivity index (χ1v) is 7.69. The van der Waals surface area contributed by atoms with Crippen molar-refractivity contribution in [3.63, 3.8) is 0 Å². The topological polar surface area (TPSA) is 51.2 Å². The van der Waals surface area contributed by atoms with E-state index >= 15 is 0 Å². The molecule has 0 unspecified atom stereocenters. The molecule has 1 aromatic carbocycles. The molecule has 0 bridgehead atoms. The summed E-state index contributed by atoms with van der Waals surface area (Å²) in [7, 11) is 0. The summed E-state index contributed by atoms with van der Waals surface area (Å²) in [5.41, 5.74) is 0.529. The number of hydrogen-bond acceptors (Lipinski definition) is 4. The molecule has 1 aliphatic carbocycles. The van der Waals surface area contributed by atoms with E-state index in [-0.39, 0.29) is 17.6 Å². The summed E-state index contributed by atoms with van der Waals surface area (Å²) >= 11 is 1.13. The van der Waals surface area contributed by atoms with Crippen molar-refractivity contribution in [2.75, 3.05) is 5.32 Å². The molecule has 4 nitrogen and oxygen atoms in total. The van der Waals surface area contributed by atoms with E-state index in [4.69, 9.17) is 0 Å². The van der Waals surface area contributed by atoms with Crippen LogP contribution in [0.25, 0.3) is 10.2 Å². The molecule has 1 fully saturated rings. The van der Waals surface area contributed by atoms with Crippen LogP contribution in [-0.4, -0.2) is 17.3 Å². The molecule has 1 aromatic heterocycles. The van der Waals surface area contributed by atoms with E-state index in [2.05, 4.69) is 15.0 Å². The van der Waals surface area contributed by atoms with Crippen LogP contribution in [0.4, 0.5) is 18.3 Å². The van der Waals surface area contributed by atoms with E-state index in [9.17, 15) is 18.0 Å². The van der Waals surface area contributed by atoms with Crippen LogP contribution in [0.3, 0.4) is 0 Å². The Balaban J connectivity index is 1.76. The summed E-state index contributed by atoms with van der Waals surface area (Å²) in [6.07, 6.45) is -0.870. The van der Waals surface area contributed by atoms with Crippen molar-refractivity contribution in [1.29, 1.82) is 0 Å². The average molecular weight is 330 g/mol. The third-order valence-corrected chi connectivity index (χ3v) is 4.48. The lowest BCUT2D eigenvalue weighted by molar-refractivity contribution is -0.274.